The molecule has 2 nitrogen and oxygen atoms in total. The number of alkyl halides is 3. The van der Waals surface area contributed by atoms with Crippen LogP contribution in [0.15, 0.2) is 42.5 Å². The zero-order valence-electron chi connectivity index (χ0n) is 10.6. The van der Waals surface area contributed by atoms with Crippen molar-refractivity contribution in [2.75, 3.05) is 0 Å². The first-order valence-electron chi connectivity index (χ1n) is 5.81. The molecule has 5 heteroatoms. The SMILES string of the molecule is Cc1cc(C=O)ccc1-c1cccc(OC(F)(F)F)c1. The quantitative estimate of drug-likeness (QED) is 0.780. The van der Waals surface area contributed by atoms with Gasteiger partial charge >= 0.3 is 6.36 Å². The standard InChI is InChI=1S/C15H11F3O2/c1-10-7-11(9-19)5-6-14(10)12-3-2-4-13(8-12)20-15(16,17)18/h2-9H,1H3. The van der Waals surface area contributed by atoms with E-state index in [1.807, 2.05) is 0 Å². The predicted octanol–water partition coefficient (Wildman–Crippen LogP) is 4.37. The number of hydrogen-bond acceptors (Lipinski definition) is 2. The Morgan fingerprint density at radius 1 is 1.10 bits per heavy atom. The zero-order chi connectivity index (χ0) is 14.8. The summed E-state index contributed by atoms with van der Waals surface area (Å²) in [6.45, 7) is 1.79. The number of aldehydes is 1. The lowest BCUT2D eigenvalue weighted by Gasteiger charge is -2.11. The average molecular weight is 280 g/mol. The van der Waals surface area contributed by atoms with Gasteiger partial charge < -0.3 is 4.74 Å². The Labute approximate surface area is 113 Å². The number of halogens is 3. The summed E-state index contributed by atoms with van der Waals surface area (Å²) in [5.74, 6) is -0.270. The van der Waals surface area contributed by atoms with Crippen LogP contribution in [0.5, 0.6) is 5.75 Å². The van der Waals surface area contributed by atoms with Crippen molar-refractivity contribution in [1.82, 2.24) is 0 Å². The summed E-state index contributed by atoms with van der Waals surface area (Å²) in [5, 5.41) is 0. The Morgan fingerprint density at radius 2 is 1.85 bits per heavy atom. The van der Waals surface area contributed by atoms with Gasteiger partial charge in [0.05, 0.1) is 0 Å². The first-order valence-corrected chi connectivity index (χ1v) is 5.81. The van der Waals surface area contributed by atoms with Crippen LogP contribution in [0, 0.1) is 6.92 Å². The molecule has 0 bridgehead atoms. The second-order valence-electron chi connectivity index (χ2n) is 4.27. The van der Waals surface area contributed by atoms with Crippen LogP contribution in [-0.4, -0.2) is 12.6 Å². The maximum atomic E-state index is 12.2. The van der Waals surface area contributed by atoms with E-state index >= 15 is 0 Å². The van der Waals surface area contributed by atoms with E-state index in [4.69, 9.17) is 0 Å². The van der Waals surface area contributed by atoms with Gasteiger partial charge in [-0.1, -0.05) is 24.3 Å². The van der Waals surface area contributed by atoms with Gasteiger partial charge in [0, 0.05) is 5.56 Å². The van der Waals surface area contributed by atoms with E-state index in [9.17, 15) is 18.0 Å². The van der Waals surface area contributed by atoms with Crippen LogP contribution in [0.3, 0.4) is 0 Å². The van der Waals surface area contributed by atoms with E-state index in [-0.39, 0.29) is 5.75 Å². The molecule has 20 heavy (non-hydrogen) atoms. The van der Waals surface area contributed by atoms with E-state index in [0.29, 0.717) is 11.1 Å². The summed E-state index contributed by atoms with van der Waals surface area (Å²) in [6.07, 6.45) is -3.99. The highest BCUT2D eigenvalue weighted by Crippen LogP contribution is 2.29. The lowest BCUT2D eigenvalue weighted by molar-refractivity contribution is -0.274. The van der Waals surface area contributed by atoms with Gasteiger partial charge in [-0.2, -0.15) is 0 Å². The molecule has 0 spiro atoms. The van der Waals surface area contributed by atoms with Crippen LogP contribution in [0.4, 0.5) is 13.2 Å². The molecule has 2 aromatic carbocycles. The maximum Gasteiger partial charge on any atom is 0.573 e. The fourth-order valence-corrected chi connectivity index (χ4v) is 1.94. The molecule has 2 rings (SSSR count). The minimum atomic E-state index is -4.71. The van der Waals surface area contributed by atoms with Crippen LogP contribution in [0.1, 0.15) is 15.9 Å². The Morgan fingerprint density at radius 3 is 2.45 bits per heavy atom. The van der Waals surface area contributed by atoms with Gasteiger partial charge in [0.2, 0.25) is 0 Å². The molecule has 0 aliphatic carbocycles. The molecule has 104 valence electrons. The minimum absolute atomic E-state index is 0.270. The minimum Gasteiger partial charge on any atom is -0.406 e. The van der Waals surface area contributed by atoms with Crippen LogP contribution in [-0.2, 0) is 0 Å². The van der Waals surface area contributed by atoms with E-state index in [2.05, 4.69) is 4.74 Å². The van der Waals surface area contributed by atoms with E-state index < -0.39 is 6.36 Å². The fourth-order valence-electron chi connectivity index (χ4n) is 1.94. The van der Waals surface area contributed by atoms with Gasteiger partial charge in [-0.3, -0.25) is 4.79 Å². The first kappa shape index (κ1) is 14.1. The summed E-state index contributed by atoms with van der Waals surface area (Å²) in [6, 6.07) is 10.7. The molecule has 0 fully saturated rings. The van der Waals surface area contributed by atoms with E-state index in [1.165, 1.54) is 18.2 Å². The highest BCUT2D eigenvalue weighted by atomic mass is 19.4. The predicted molar refractivity (Wildman–Crippen MR) is 68.7 cm³/mol. The van der Waals surface area contributed by atoms with Gasteiger partial charge in [0.25, 0.3) is 0 Å². The van der Waals surface area contributed by atoms with Crippen molar-refractivity contribution >= 4 is 6.29 Å². The molecule has 0 aromatic heterocycles. The zero-order valence-corrected chi connectivity index (χ0v) is 10.6. The molecule has 0 saturated heterocycles. The molecule has 0 saturated carbocycles. The lowest BCUT2D eigenvalue weighted by atomic mass is 9.98. The third-order valence-corrected chi connectivity index (χ3v) is 2.77. The van der Waals surface area contributed by atoms with Crippen molar-refractivity contribution in [3.63, 3.8) is 0 Å². The molecule has 0 aliphatic rings. The summed E-state index contributed by atoms with van der Waals surface area (Å²) in [5.41, 5.74) is 2.68. The van der Waals surface area contributed by atoms with Gasteiger partial charge in [0.1, 0.15) is 12.0 Å². The summed E-state index contributed by atoms with van der Waals surface area (Å²) < 4.78 is 40.5. The molecule has 0 heterocycles. The van der Waals surface area contributed by atoms with Gasteiger partial charge in [0.15, 0.2) is 0 Å². The second-order valence-corrected chi connectivity index (χ2v) is 4.27. The Bertz CT molecular complexity index is 633. The maximum absolute atomic E-state index is 12.2. The highest BCUT2D eigenvalue weighted by Gasteiger charge is 2.31. The third-order valence-electron chi connectivity index (χ3n) is 2.77. The molecule has 2 aromatic rings. The number of aryl methyl sites for hydroxylation is 1. The van der Waals surface area contributed by atoms with Crippen molar-refractivity contribution in [3.05, 3.63) is 53.6 Å². The Balaban J connectivity index is 2.38. The van der Waals surface area contributed by atoms with Crippen LogP contribution < -0.4 is 4.74 Å². The van der Waals surface area contributed by atoms with Crippen molar-refractivity contribution in [3.8, 4) is 16.9 Å². The molecule has 0 aliphatic heterocycles. The third kappa shape index (κ3) is 3.38. The first-order chi connectivity index (χ1) is 9.39. The van der Waals surface area contributed by atoms with Crippen LogP contribution >= 0.6 is 0 Å². The molecule has 0 radical (unpaired) electrons. The lowest BCUT2D eigenvalue weighted by Crippen LogP contribution is -2.17. The van der Waals surface area contributed by atoms with Crippen molar-refractivity contribution < 1.29 is 22.7 Å². The second kappa shape index (κ2) is 5.36. The van der Waals surface area contributed by atoms with Crippen LogP contribution in [0.25, 0.3) is 11.1 Å². The fraction of sp³-hybridized carbons (Fsp3) is 0.133. The molecule has 0 N–H and O–H groups in total. The molecule has 0 unspecified atom stereocenters. The number of carbonyl (C=O) groups excluding carboxylic acids is 1. The molecular formula is C15H11F3O2. The average Bonchev–Trinajstić information content (AvgIpc) is 2.36. The number of hydrogen-bond donors (Lipinski definition) is 0. The number of carbonyl (C=O) groups is 1. The number of ether oxygens (including phenoxy) is 1. The number of rotatable bonds is 3. The number of benzene rings is 2. The highest BCUT2D eigenvalue weighted by molar-refractivity contribution is 5.78. The van der Waals surface area contributed by atoms with Gasteiger partial charge in [-0.05, 0) is 41.8 Å². The topological polar surface area (TPSA) is 26.3 Å². The molecule has 0 atom stereocenters. The molecule has 0 amide bonds. The van der Waals surface area contributed by atoms with E-state index in [1.54, 1.807) is 31.2 Å². The van der Waals surface area contributed by atoms with Gasteiger partial charge in [-0.25, -0.2) is 0 Å². The monoisotopic (exact) mass is 280 g/mol. The molecular weight excluding hydrogens is 269 g/mol. The van der Waals surface area contributed by atoms with Crippen molar-refractivity contribution in [2.45, 2.75) is 13.3 Å². The Hall–Kier alpha value is -2.30. The van der Waals surface area contributed by atoms with E-state index in [0.717, 1.165) is 17.4 Å². The largest absolute Gasteiger partial charge is 0.573 e. The summed E-state index contributed by atoms with van der Waals surface area (Å²) in [7, 11) is 0. The van der Waals surface area contributed by atoms with Gasteiger partial charge in [-0.15, -0.1) is 13.2 Å². The Kier molecular flexibility index (Phi) is 3.79. The normalized spacial score (nSPS) is 11.2. The van der Waals surface area contributed by atoms with Crippen molar-refractivity contribution in [2.24, 2.45) is 0 Å². The smallest absolute Gasteiger partial charge is 0.406 e. The van der Waals surface area contributed by atoms with Crippen LogP contribution in [0.2, 0.25) is 0 Å². The van der Waals surface area contributed by atoms with Crippen molar-refractivity contribution in [1.29, 1.82) is 0 Å². The summed E-state index contributed by atoms with van der Waals surface area (Å²) >= 11 is 0. The summed E-state index contributed by atoms with van der Waals surface area (Å²) in [4.78, 5) is 10.7.